The van der Waals surface area contributed by atoms with Gasteiger partial charge in [0.15, 0.2) is 0 Å². The van der Waals surface area contributed by atoms with Crippen molar-refractivity contribution in [2.75, 3.05) is 133 Å². The quantitative estimate of drug-likeness (QED) is 0.0901. The van der Waals surface area contributed by atoms with Crippen LogP contribution in [0.15, 0.2) is 0 Å². The van der Waals surface area contributed by atoms with Crippen molar-refractivity contribution in [2.24, 2.45) is 0 Å². The number of nitrogens with zero attached hydrogens (tertiary/aromatic N) is 4. The van der Waals surface area contributed by atoms with Crippen molar-refractivity contribution in [1.29, 1.82) is 0 Å². The first-order valence-corrected chi connectivity index (χ1v) is 10.8. The summed E-state index contributed by atoms with van der Waals surface area (Å²) in [7, 11) is 7.41. The van der Waals surface area contributed by atoms with Gasteiger partial charge in [-0.2, -0.15) is 0 Å². The van der Waals surface area contributed by atoms with Crippen molar-refractivity contribution in [3.63, 3.8) is 0 Å². The minimum absolute atomic E-state index is 0. The Kier molecular flexibility index (Phi) is 52.2. The standard InChI is InChI=1S/4C5H13NO2.Zr/c4*1-6(2-4-7)3-5-8;/h4*7-8H,2-5H2,1H3;. The number of aliphatic hydroxyl groups excluding tert-OH is 8. The Morgan fingerprint density at radius 3 is 0.455 bits per heavy atom. The van der Waals surface area contributed by atoms with E-state index in [1.807, 2.05) is 47.8 Å². The van der Waals surface area contributed by atoms with Gasteiger partial charge in [-0.25, -0.2) is 0 Å². The molecular weight excluding hydrogens is 515 g/mol. The molecule has 0 unspecified atom stereocenters. The smallest absolute Gasteiger partial charge is 0.0558 e. The van der Waals surface area contributed by atoms with Crippen molar-refractivity contribution in [2.45, 2.75) is 0 Å². The van der Waals surface area contributed by atoms with Gasteiger partial charge in [0.25, 0.3) is 0 Å². The summed E-state index contributed by atoms with van der Waals surface area (Å²) in [5, 5.41) is 66.7. The van der Waals surface area contributed by atoms with Gasteiger partial charge in [0.1, 0.15) is 0 Å². The summed E-state index contributed by atoms with van der Waals surface area (Å²) in [4.78, 5) is 7.44. The summed E-state index contributed by atoms with van der Waals surface area (Å²) in [6.45, 7) is 6.42. The van der Waals surface area contributed by atoms with E-state index in [0.717, 1.165) is 0 Å². The minimum atomic E-state index is 0. The van der Waals surface area contributed by atoms with Crippen molar-refractivity contribution in [1.82, 2.24) is 19.6 Å². The van der Waals surface area contributed by atoms with Crippen LogP contribution in [0.25, 0.3) is 0 Å². The summed E-state index contributed by atoms with van der Waals surface area (Å²) in [6.07, 6.45) is 0. The second-order valence-electron chi connectivity index (χ2n) is 7.00. The van der Waals surface area contributed by atoms with E-state index in [-0.39, 0.29) is 79.1 Å². The zero-order chi connectivity index (χ0) is 25.6. The molecule has 13 heteroatoms. The van der Waals surface area contributed by atoms with E-state index >= 15 is 0 Å². The molecule has 0 heterocycles. The predicted molar refractivity (Wildman–Crippen MR) is 127 cm³/mol. The fourth-order valence-corrected chi connectivity index (χ4v) is 1.81. The van der Waals surface area contributed by atoms with E-state index in [1.165, 1.54) is 0 Å². The van der Waals surface area contributed by atoms with Crippen LogP contribution >= 0.6 is 0 Å². The minimum Gasteiger partial charge on any atom is -0.395 e. The molecule has 0 spiro atoms. The Morgan fingerprint density at radius 1 is 0.303 bits per heavy atom. The van der Waals surface area contributed by atoms with Crippen molar-refractivity contribution in [3.05, 3.63) is 0 Å². The third kappa shape index (κ3) is 50.3. The van der Waals surface area contributed by atoms with Crippen molar-refractivity contribution >= 4 is 0 Å². The van der Waals surface area contributed by atoms with Gasteiger partial charge < -0.3 is 60.5 Å². The van der Waals surface area contributed by atoms with Crippen LogP contribution in [0.5, 0.6) is 0 Å². The summed E-state index contributed by atoms with van der Waals surface area (Å²) in [5.74, 6) is 0. The third-order valence-corrected chi connectivity index (χ3v) is 3.85. The van der Waals surface area contributed by atoms with E-state index in [0.29, 0.717) is 52.4 Å². The normalized spacial score (nSPS) is 10.2. The van der Waals surface area contributed by atoms with Crippen molar-refractivity contribution in [3.8, 4) is 0 Å². The number of hydrogen-bond acceptors (Lipinski definition) is 12. The van der Waals surface area contributed by atoms with Gasteiger partial charge in [0, 0.05) is 78.6 Å². The van der Waals surface area contributed by atoms with Gasteiger partial charge in [0.05, 0.1) is 52.9 Å². The van der Waals surface area contributed by atoms with Crippen LogP contribution in [0.3, 0.4) is 0 Å². The molecule has 0 aliphatic carbocycles. The number of hydrogen-bond donors (Lipinski definition) is 8. The number of aliphatic hydroxyl groups is 8. The maximum absolute atomic E-state index is 8.34. The molecule has 0 saturated carbocycles. The number of rotatable bonds is 16. The maximum atomic E-state index is 8.34. The van der Waals surface area contributed by atoms with Crippen LogP contribution in [-0.2, 0) is 26.2 Å². The van der Waals surface area contributed by atoms with Gasteiger partial charge in [-0.05, 0) is 28.2 Å². The SMILES string of the molecule is CN(CCO)CCO.CN(CCO)CCO.CN(CCO)CCO.CN(CCO)CCO.[Zr]. The second kappa shape index (κ2) is 39.6. The van der Waals surface area contributed by atoms with Gasteiger partial charge >= 0.3 is 0 Å². The summed E-state index contributed by atoms with van der Waals surface area (Å²) < 4.78 is 0. The van der Waals surface area contributed by atoms with Gasteiger partial charge in [-0.1, -0.05) is 0 Å². The van der Waals surface area contributed by atoms with Gasteiger partial charge in [0.2, 0.25) is 0 Å². The first-order valence-electron chi connectivity index (χ1n) is 10.8. The summed E-state index contributed by atoms with van der Waals surface area (Å²) >= 11 is 0. The molecule has 0 aliphatic rings. The zero-order valence-corrected chi connectivity index (χ0v) is 23.6. The molecule has 0 aliphatic heterocycles. The Morgan fingerprint density at radius 2 is 0.394 bits per heavy atom. The monoisotopic (exact) mass is 566 g/mol. The first kappa shape index (κ1) is 43.5. The fourth-order valence-electron chi connectivity index (χ4n) is 1.81. The summed E-state index contributed by atoms with van der Waals surface area (Å²) in [6, 6.07) is 0. The molecule has 0 aromatic heterocycles. The topological polar surface area (TPSA) is 175 Å². The van der Waals surface area contributed by atoms with E-state index < -0.39 is 0 Å². The van der Waals surface area contributed by atoms with E-state index in [9.17, 15) is 0 Å². The molecule has 0 atom stereocenters. The van der Waals surface area contributed by atoms with Gasteiger partial charge in [-0.15, -0.1) is 0 Å². The number of likely N-dealkylation sites (N-methyl/N-ethyl adjacent to an activating group) is 4. The Bertz CT molecular complexity index is 237. The molecule has 0 aromatic rings. The Balaban J connectivity index is -0.000000105. The van der Waals surface area contributed by atoms with E-state index in [2.05, 4.69) is 0 Å². The van der Waals surface area contributed by atoms with Gasteiger partial charge in [-0.3, -0.25) is 0 Å². The molecule has 0 radical (unpaired) electrons. The zero-order valence-electron chi connectivity index (χ0n) is 21.2. The molecule has 8 N–H and O–H groups in total. The third-order valence-electron chi connectivity index (χ3n) is 3.85. The van der Waals surface area contributed by atoms with Crippen LogP contribution < -0.4 is 0 Å². The molecule has 0 fully saturated rings. The van der Waals surface area contributed by atoms with Crippen LogP contribution in [0, 0.1) is 0 Å². The van der Waals surface area contributed by atoms with E-state index in [4.69, 9.17) is 40.9 Å². The van der Waals surface area contributed by atoms with Crippen LogP contribution in [0.2, 0.25) is 0 Å². The molecule has 0 aromatic carbocycles. The largest absolute Gasteiger partial charge is 0.395 e. The van der Waals surface area contributed by atoms with Crippen LogP contribution in [-0.4, -0.2) is 194 Å². The Labute approximate surface area is 219 Å². The Hall–Kier alpha value is 0.403. The first-order chi connectivity index (χ1) is 15.2. The molecule has 33 heavy (non-hydrogen) atoms. The second-order valence-corrected chi connectivity index (χ2v) is 7.00. The summed E-state index contributed by atoms with van der Waals surface area (Å²) in [5.41, 5.74) is 0. The molecule has 0 amide bonds. The maximum Gasteiger partial charge on any atom is 0.0558 e. The fraction of sp³-hybridized carbons (Fsp3) is 1.00. The average Bonchev–Trinajstić information content (AvgIpc) is 2.71. The van der Waals surface area contributed by atoms with Crippen molar-refractivity contribution < 1.29 is 67.1 Å². The van der Waals surface area contributed by atoms with Crippen LogP contribution in [0.1, 0.15) is 0 Å². The predicted octanol–water partition coefficient (Wildman–Crippen LogP) is -4.39. The molecule has 0 rings (SSSR count). The molecule has 204 valence electrons. The molecule has 12 nitrogen and oxygen atoms in total. The molecular formula is C20H52N4O8Zr. The molecule has 0 saturated heterocycles. The molecule has 0 bridgehead atoms. The van der Waals surface area contributed by atoms with Crippen LogP contribution in [0.4, 0.5) is 0 Å². The van der Waals surface area contributed by atoms with E-state index in [1.54, 1.807) is 0 Å². The average molecular weight is 568 g/mol.